The van der Waals surface area contributed by atoms with Gasteiger partial charge in [-0.1, -0.05) is 209 Å². The average Bonchev–Trinajstić information content (AvgIpc) is 3.77. The zero-order valence-corrected chi connectivity index (χ0v) is 43.4. The van der Waals surface area contributed by atoms with Crippen molar-refractivity contribution < 1.29 is 0 Å². The zero-order valence-electron chi connectivity index (χ0n) is 43.4. The van der Waals surface area contributed by atoms with E-state index >= 15 is 0 Å². The Balaban J connectivity index is 1.36. The highest BCUT2D eigenvalue weighted by Gasteiger charge is 2.37. The Kier molecular flexibility index (Phi) is 13.4. The van der Waals surface area contributed by atoms with E-state index in [1.165, 1.54) is 99.8 Å². The van der Waals surface area contributed by atoms with Gasteiger partial charge in [-0.05, 0) is 226 Å². The van der Waals surface area contributed by atoms with E-state index in [0.717, 1.165) is 51.0 Å². The molecular formula is C75H60. The normalized spacial score (nSPS) is 18.7. The number of rotatable bonds is 10. The first-order chi connectivity index (χ1) is 36.8. The Morgan fingerprint density at radius 2 is 1.29 bits per heavy atom. The summed E-state index contributed by atoms with van der Waals surface area (Å²) in [5.74, 6) is 0.0610. The number of allylic oxidation sites excluding steroid dienone is 21. The summed E-state index contributed by atoms with van der Waals surface area (Å²) in [5.41, 5.74) is 31.9. The fourth-order valence-corrected chi connectivity index (χ4v) is 11.8. The quantitative estimate of drug-likeness (QED) is 0.0946. The summed E-state index contributed by atoms with van der Waals surface area (Å²) in [5, 5.41) is 2.43. The molecule has 0 N–H and O–H groups in total. The van der Waals surface area contributed by atoms with Crippen molar-refractivity contribution >= 4 is 39.6 Å². The molecular weight excluding hydrogens is 901 g/mol. The highest BCUT2D eigenvalue weighted by molar-refractivity contribution is 6.23. The Labute approximate surface area is 444 Å². The molecule has 7 aromatic rings. The summed E-state index contributed by atoms with van der Waals surface area (Å²) in [6, 6.07) is 45.8. The van der Waals surface area contributed by atoms with Crippen LogP contribution in [0.15, 0.2) is 267 Å². The predicted octanol–water partition coefficient (Wildman–Crippen LogP) is 20.8. The molecule has 4 aliphatic rings. The molecule has 360 valence electrons. The first-order valence-corrected chi connectivity index (χ1v) is 26.2. The molecule has 11 rings (SSSR count). The van der Waals surface area contributed by atoms with E-state index in [4.69, 9.17) is 0 Å². The first kappa shape index (κ1) is 48.2. The van der Waals surface area contributed by atoms with Crippen molar-refractivity contribution in [1.29, 1.82) is 0 Å². The van der Waals surface area contributed by atoms with Gasteiger partial charge < -0.3 is 0 Å². The van der Waals surface area contributed by atoms with Crippen LogP contribution in [-0.2, 0) is 0 Å². The van der Waals surface area contributed by atoms with Crippen molar-refractivity contribution in [2.24, 2.45) is 0 Å². The highest BCUT2D eigenvalue weighted by Crippen LogP contribution is 2.60. The molecule has 0 amide bonds. The molecule has 75 heavy (non-hydrogen) atoms. The van der Waals surface area contributed by atoms with Crippen LogP contribution in [0.3, 0.4) is 0 Å². The lowest BCUT2D eigenvalue weighted by molar-refractivity contribution is 0.951. The third-order valence-electron chi connectivity index (χ3n) is 15.1. The van der Waals surface area contributed by atoms with Crippen LogP contribution in [-0.4, -0.2) is 0 Å². The Bertz CT molecular complexity index is 3940. The summed E-state index contributed by atoms with van der Waals surface area (Å²) < 4.78 is 0. The van der Waals surface area contributed by atoms with Crippen molar-refractivity contribution in [2.45, 2.75) is 40.0 Å². The molecule has 1 unspecified atom stereocenters. The van der Waals surface area contributed by atoms with Crippen molar-refractivity contribution in [3.8, 4) is 55.6 Å². The van der Waals surface area contributed by atoms with Gasteiger partial charge in [0.05, 0.1) is 0 Å². The SMILES string of the molecule is C=C\C=C/C1=C2/C(=C\C/C=C\C=C/C1=C)c1cc3c(-c4cc(C)cc(-c5ccccc5)c4)c4c(c(-c5cc(C6=CC=C=CC=C6)cc(-c6ccccc6)c5)c3cc1C2C)/C(=C/C)c1c-4ccc(/C=C\C=C/C)c1C=C. The minimum absolute atomic E-state index is 0.0610. The number of hydrogen-bond acceptors (Lipinski definition) is 0. The highest BCUT2D eigenvalue weighted by atomic mass is 14.4. The molecule has 0 radical (unpaired) electrons. The second kappa shape index (κ2) is 20.8. The van der Waals surface area contributed by atoms with Gasteiger partial charge in [-0.3, -0.25) is 0 Å². The molecule has 0 nitrogen and oxygen atoms in total. The molecule has 7 aromatic carbocycles. The first-order valence-electron chi connectivity index (χ1n) is 26.2. The molecule has 0 spiro atoms. The average molecular weight is 961 g/mol. The van der Waals surface area contributed by atoms with Crippen molar-refractivity contribution in [3.63, 3.8) is 0 Å². The summed E-state index contributed by atoms with van der Waals surface area (Å²) >= 11 is 0. The number of benzene rings is 7. The lowest BCUT2D eigenvalue weighted by Crippen LogP contribution is -1.99. The summed E-state index contributed by atoms with van der Waals surface area (Å²) in [6.45, 7) is 22.2. The van der Waals surface area contributed by atoms with Gasteiger partial charge in [-0.15, -0.1) is 5.73 Å². The van der Waals surface area contributed by atoms with E-state index in [-0.39, 0.29) is 5.92 Å². The van der Waals surface area contributed by atoms with Gasteiger partial charge in [0.1, 0.15) is 0 Å². The number of fused-ring (bicyclic) bond motifs is 7. The largest absolute Gasteiger partial charge is 0.121 e. The molecule has 0 saturated carbocycles. The van der Waals surface area contributed by atoms with Gasteiger partial charge in [-0.25, -0.2) is 0 Å². The molecule has 4 aliphatic carbocycles. The maximum atomic E-state index is 4.66. The Hall–Kier alpha value is -9.06. The van der Waals surface area contributed by atoms with Crippen LogP contribution >= 0.6 is 0 Å². The maximum absolute atomic E-state index is 4.66. The van der Waals surface area contributed by atoms with Gasteiger partial charge in [0.2, 0.25) is 0 Å². The third-order valence-corrected chi connectivity index (χ3v) is 15.1. The molecule has 0 bridgehead atoms. The van der Waals surface area contributed by atoms with Crippen LogP contribution in [0.1, 0.15) is 77.6 Å². The maximum Gasteiger partial charge on any atom is 0.00795 e. The van der Waals surface area contributed by atoms with E-state index in [2.05, 4.69) is 266 Å². The van der Waals surface area contributed by atoms with Crippen LogP contribution in [0.25, 0.3) is 95.3 Å². The summed E-state index contributed by atoms with van der Waals surface area (Å²) in [4.78, 5) is 0. The second-order valence-corrected chi connectivity index (χ2v) is 19.7. The Morgan fingerprint density at radius 3 is 2.03 bits per heavy atom. The molecule has 0 saturated heterocycles. The molecule has 0 fully saturated rings. The standard InChI is InChI=1S/C75H60/c1-8-12-20-36-55-39-40-65-73(61(55)10-3)62(11-4)74-72(60-45-57(53-30-22-15-16-23-31-53)43-58(46-60)54-34-26-19-27-35-54)68-47-66-51(7)70-63(37-13-9-2)50(6)29-21-14-17-28-38-64(70)67(66)48-69(68)71(75(65)74)59-42-49(5)41-56(44-59)52-32-24-18-25-33-52/h8-15,17-27,29-48,51H,2-3,6,28H2,1,4-5,7H3/b12-8-,17-14-,29-21-,36-20-,37-13-,62-11+,64-38-,70-63-. The molecule has 1 atom stereocenters. The van der Waals surface area contributed by atoms with Crippen molar-refractivity contribution in [3.05, 3.63) is 311 Å². The van der Waals surface area contributed by atoms with Crippen LogP contribution in [0.4, 0.5) is 0 Å². The summed E-state index contributed by atoms with van der Waals surface area (Å²) in [6.07, 6.45) is 41.4. The van der Waals surface area contributed by atoms with Crippen LogP contribution in [0.5, 0.6) is 0 Å². The van der Waals surface area contributed by atoms with Gasteiger partial charge in [-0.2, -0.15) is 0 Å². The topological polar surface area (TPSA) is 0 Å². The van der Waals surface area contributed by atoms with E-state index in [1.54, 1.807) is 0 Å². The number of aryl methyl sites for hydroxylation is 1. The van der Waals surface area contributed by atoms with E-state index in [0.29, 0.717) is 0 Å². The molecule has 0 heterocycles. The van der Waals surface area contributed by atoms with Crippen molar-refractivity contribution in [1.82, 2.24) is 0 Å². The third kappa shape index (κ3) is 8.80. The van der Waals surface area contributed by atoms with Crippen LogP contribution in [0.2, 0.25) is 0 Å². The second-order valence-electron chi connectivity index (χ2n) is 19.7. The van der Waals surface area contributed by atoms with E-state index in [1.807, 2.05) is 24.3 Å². The monoisotopic (exact) mass is 960 g/mol. The lowest BCUT2D eigenvalue weighted by atomic mass is 9.79. The van der Waals surface area contributed by atoms with Gasteiger partial charge in [0.25, 0.3) is 0 Å². The zero-order chi connectivity index (χ0) is 51.6. The van der Waals surface area contributed by atoms with Gasteiger partial charge >= 0.3 is 0 Å². The van der Waals surface area contributed by atoms with Crippen molar-refractivity contribution in [2.75, 3.05) is 0 Å². The van der Waals surface area contributed by atoms with Crippen LogP contribution < -0.4 is 0 Å². The smallest absolute Gasteiger partial charge is 0.00795 e. The fourth-order valence-electron chi connectivity index (χ4n) is 11.8. The molecule has 0 aromatic heterocycles. The fraction of sp³-hybridized carbons (Fsp3) is 0.0800. The molecule has 0 heteroatoms. The minimum Gasteiger partial charge on any atom is -0.121 e. The van der Waals surface area contributed by atoms with Crippen LogP contribution in [0, 0.1) is 6.92 Å². The number of hydrogen-bond donors (Lipinski definition) is 0. The summed E-state index contributed by atoms with van der Waals surface area (Å²) in [7, 11) is 0. The van der Waals surface area contributed by atoms with E-state index in [9.17, 15) is 0 Å². The molecule has 0 aliphatic heterocycles. The predicted molar refractivity (Wildman–Crippen MR) is 327 cm³/mol. The van der Waals surface area contributed by atoms with E-state index < -0.39 is 0 Å². The Morgan fingerprint density at radius 1 is 0.600 bits per heavy atom. The minimum atomic E-state index is 0.0610. The van der Waals surface area contributed by atoms with Gasteiger partial charge in [0.15, 0.2) is 0 Å². The van der Waals surface area contributed by atoms with Gasteiger partial charge in [0, 0.05) is 5.92 Å². The lowest BCUT2D eigenvalue weighted by Gasteiger charge is -2.23.